The van der Waals surface area contributed by atoms with Crippen LogP contribution < -0.4 is 9.80 Å². The van der Waals surface area contributed by atoms with E-state index < -0.39 is 0 Å². The van der Waals surface area contributed by atoms with Crippen LogP contribution in [0.15, 0.2) is 291 Å². The Morgan fingerprint density at radius 2 is 0.449 bits per heavy atom. The van der Waals surface area contributed by atoms with Crippen molar-refractivity contribution in [2.45, 2.75) is 27.7 Å². The van der Waals surface area contributed by atoms with Crippen LogP contribution in [-0.2, 0) is 0 Å². The summed E-state index contributed by atoms with van der Waals surface area (Å²) in [5.74, 6) is 0. The summed E-state index contributed by atoms with van der Waals surface area (Å²) >= 11 is 0. The molecule has 0 aliphatic rings. The van der Waals surface area contributed by atoms with E-state index in [0.29, 0.717) is 0 Å². The first-order valence-electron chi connectivity index (χ1n) is 27.0. The highest BCUT2D eigenvalue weighted by atomic mass is 15.2. The van der Waals surface area contributed by atoms with Gasteiger partial charge in [0.15, 0.2) is 0 Å². The second-order valence-corrected chi connectivity index (χ2v) is 20.3. The Balaban J connectivity index is 0.938. The van der Waals surface area contributed by atoms with Crippen LogP contribution in [0.1, 0.15) is 22.3 Å². The third-order valence-electron chi connectivity index (χ3n) is 15.1. The van der Waals surface area contributed by atoms with Gasteiger partial charge in [0.25, 0.3) is 0 Å². The molecule has 12 aromatic rings. The van der Waals surface area contributed by atoms with Crippen LogP contribution in [0.5, 0.6) is 0 Å². The molecule has 0 fully saturated rings. The quantitative estimate of drug-likeness (QED) is 0.114. The molecule has 0 aromatic heterocycles. The molecule has 0 amide bonds. The molecule has 0 unspecified atom stereocenters. The number of para-hydroxylation sites is 2. The van der Waals surface area contributed by atoms with Crippen LogP contribution in [-0.4, -0.2) is 0 Å². The fraction of sp³-hybridized carbons (Fsp3) is 0.0526. The minimum Gasteiger partial charge on any atom is -0.309 e. The highest BCUT2D eigenvalue weighted by Gasteiger charge is 2.24. The molecule has 0 atom stereocenters. The van der Waals surface area contributed by atoms with Crippen molar-refractivity contribution in [2.75, 3.05) is 9.80 Å². The number of anilines is 6. The molecule has 0 saturated heterocycles. The lowest BCUT2D eigenvalue weighted by atomic mass is 9.93. The van der Waals surface area contributed by atoms with E-state index >= 15 is 0 Å². The van der Waals surface area contributed by atoms with Crippen LogP contribution in [0.3, 0.4) is 0 Å². The first kappa shape index (κ1) is 49.1. The van der Waals surface area contributed by atoms with Crippen molar-refractivity contribution in [3.05, 3.63) is 313 Å². The average molecular weight is 1000 g/mol. The van der Waals surface area contributed by atoms with Crippen molar-refractivity contribution in [3.63, 3.8) is 0 Å². The molecule has 0 aliphatic carbocycles. The molecule has 374 valence electrons. The summed E-state index contributed by atoms with van der Waals surface area (Å²) in [5, 5.41) is 0. The number of rotatable bonds is 13. The third-order valence-corrected chi connectivity index (χ3v) is 15.1. The zero-order valence-corrected chi connectivity index (χ0v) is 44.6. The van der Waals surface area contributed by atoms with Gasteiger partial charge in [0.2, 0.25) is 0 Å². The van der Waals surface area contributed by atoms with Crippen LogP contribution in [0.2, 0.25) is 0 Å². The van der Waals surface area contributed by atoms with Gasteiger partial charge >= 0.3 is 0 Å². The fourth-order valence-corrected chi connectivity index (χ4v) is 11.4. The lowest BCUT2D eigenvalue weighted by Crippen LogP contribution is -2.14. The Kier molecular flexibility index (Phi) is 13.8. The first-order chi connectivity index (χ1) is 38.3. The van der Waals surface area contributed by atoms with Gasteiger partial charge in [-0.05, 0) is 190 Å². The summed E-state index contributed by atoms with van der Waals surface area (Å²) in [6.07, 6.45) is 0. The van der Waals surface area contributed by atoms with Gasteiger partial charge in [-0.3, -0.25) is 0 Å². The van der Waals surface area contributed by atoms with Gasteiger partial charge in [-0.15, -0.1) is 0 Å². The normalized spacial score (nSPS) is 11.1. The van der Waals surface area contributed by atoms with Crippen molar-refractivity contribution in [2.24, 2.45) is 0 Å². The van der Waals surface area contributed by atoms with E-state index in [0.717, 1.165) is 22.7 Å². The van der Waals surface area contributed by atoms with E-state index in [1.807, 2.05) is 0 Å². The Bertz CT molecular complexity index is 3720. The minimum absolute atomic E-state index is 1.10. The molecular formula is C76H60N2. The fourth-order valence-electron chi connectivity index (χ4n) is 11.4. The second-order valence-electron chi connectivity index (χ2n) is 20.3. The number of aryl methyl sites for hydroxylation is 4. The summed E-state index contributed by atoms with van der Waals surface area (Å²) in [5.41, 5.74) is 28.2. The SMILES string of the molecule is Cc1cc(-c2cc(C)c(N(c3ccc(-c4cccc(-c5ccccc5)c4)cc3)c3ccccc3-c3ccccc3)c(C)c2)cc(C)c1N(c1ccc(-c2cccc(-c3ccccc3)c2)cc1)c1ccccc1-c1ccccc1. The predicted molar refractivity (Wildman–Crippen MR) is 333 cm³/mol. The molecular weight excluding hydrogens is 941 g/mol. The van der Waals surface area contributed by atoms with E-state index in [4.69, 9.17) is 0 Å². The Morgan fingerprint density at radius 3 is 0.769 bits per heavy atom. The zero-order chi connectivity index (χ0) is 53.0. The van der Waals surface area contributed by atoms with E-state index in [1.54, 1.807) is 0 Å². The summed E-state index contributed by atoms with van der Waals surface area (Å²) in [7, 11) is 0. The highest BCUT2D eigenvalue weighted by molar-refractivity contribution is 5.94. The molecule has 0 spiro atoms. The van der Waals surface area contributed by atoms with Gasteiger partial charge < -0.3 is 9.80 Å². The second kappa shape index (κ2) is 21.8. The summed E-state index contributed by atoms with van der Waals surface area (Å²) < 4.78 is 0. The maximum atomic E-state index is 2.47. The Labute approximate surface area is 460 Å². The Hall–Kier alpha value is -9.76. The summed E-state index contributed by atoms with van der Waals surface area (Å²) in [6.45, 7) is 9.08. The van der Waals surface area contributed by atoms with Crippen LogP contribution in [0, 0.1) is 27.7 Å². The van der Waals surface area contributed by atoms with Gasteiger partial charge in [-0.1, -0.05) is 218 Å². The highest BCUT2D eigenvalue weighted by Crippen LogP contribution is 2.48. The minimum atomic E-state index is 1.10. The largest absolute Gasteiger partial charge is 0.309 e. The van der Waals surface area contributed by atoms with Crippen molar-refractivity contribution in [1.82, 2.24) is 0 Å². The van der Waals surface area contributed by atoms with Crippen molar-refractivity contribution >= 4 is 34.1 Å². The number of hydrogen-bond acceptors (Lipinski definition) is 2. The number of benzene rings is 12. The molecule has 0 saturated carbocycles. The van der Waals surface area contributed by atoms with Crippen molar-refractivity contribution in [3.8, 4) is 77.9 Å². The summed E-state index contributed by atoms with van der Waals surface area (Å²) in [6, 6.07) is 106. The maximum absolute atomic E-state index is 2.47. The Morgan fingerprint density at radius 1 is 0.192 bits per heavy atom. The molecule has 2 heteroatoms. The van der Waals surface area contributed by atoms with Crippen LogP contribution in [0.4, 0.5) is 34.1 Å². The molecule has 0 N–H and O–H groups in total. The monoisotopic (exact) mass is 1000 g/mol. The maximum Gasteiger partial charge on any atom is 0.0540 e. The van der Waals surface area contributed by atoms with Gasteiger partial charge in [0.1, 0.15) is 0 Å². The molecule has 0 radical (unpaired) electrons. The summed E-state index contributed by atoms with van der Waals surface area (Å²) in [4.78, 5) is 4.93. The van der Waals surface area contributed by atoms with Gasteiger partial charge in [0, 0.05) is 22.5 Å². The van der Waals surface area contributed by atoms with Crippen molar-refractivity contribution in [1.29, 1.82) is 0 Å². The standard InChI is InChI=1S/C76H60N2/c1-53-47-67(48-54(2)75(53)77(73-37-19-17-35-71(73)61-27-13-7-14-28-61)69-43-39-59(40-44-69)65-33-21-31-63(51-65)57-23-9-5-10-24-57)68-49-55(3)76(56(4)50-68)78(74-38-20-18-36-72(74)62-29-15-8-16-30-62)70-45-41-60(42-46-70)66-34-22-32-64(52-66)58-25-11-6-12-26-58/h5-52H,1-4H3. The van der Waals surface area contributed by atoms with E-state index in [-0.39, 0.29) is 0 Å². The van der Waals surface area contributed by atoms with Crippen molar-refractivity contribution < 1.29 is 0 Å². The molecule has 0 aliphatic heterocycles. The van der Waals surface area contributed by atoms with Gasteiger partial charge in [-0.2, -0.15) is 0 Å². The molecule has 0 bridgehead atoms. The number of nitrogens with zero attached hydrogens (tertiary/aromatic N) is 2. The lowest BCUT2D eigenvalue weighted by Gasteiger charge is -2.32. The molecule has 2 nitrogen and oxygen atoms in total. The molecule has 12 aromatic carbocycles. The van der Waals surface area contributed by atoms with Gasteiger partial charge in [0.05, 0.1) is 22.7 Å². The molecule has 12 rings (SSSR count). The molecule has 78 heavy (non-hydrogen) atoms. The van der Waals surface area contributed by atoms with E-state index in [1.165, 1.54) is 112 Å². The third kappa shape index (κ3) is 9.96. The first-order valence-corrected chi connectivity index (χ1v) is 27.0. The van der Waals surface area contributed by atoms with Crippen LogP contribution in [0.25, 0.3) is 77.9 Å². The number of hydrogen-bond donors (Lipinski definition) is 0. The zero-order valence-electron chi connectivity index (χ0n) is 44.6. The van der Waals surface area contributed by atoms with E-state index in [9.17, 15) is 0 Å². The smallest absolute Gasteiger partial charge is 0.0540 e. The average Bonchev–Trinajstić information content (AvgIpc) is 3.62. The van der Waals surface area contributed by atoms with E-state index in [2.05, 4.69) is 329 Å². The predicted octanol–water partition coefficient (Wildman–Crippen LogP) is 21.5. The molecule has 0 heterocycles. The van der Waals surface area contributed by atoms with Crippen LogP contribution >= 0.6 is 0 Å². The van der Waals surface area contributed by atoms with Gasteiger partial charge in [-0.25, -0.2) is 0 Å². The topological polar surface area (TPSA) is 6.48 Å². The lowest BCUT2D eigenvalue weighted by molar-refractivity contribution is 1.21.